The Kier molecular flexibility index (Phi) is 11.7. The fourth-order valence-corrected chi connectivity index (χ4v) is 1.31. The second kappa shape index (κ2) is 12.5. The van der Waals surface area contributed by atoms with Crippen molar-refractivity contribution in [2.45, 2.75) is 12.2 Å². The number of rotatable bonds is 7. The molecule has 0 radical (unpaired) electrons. The van der Waals surface area contributed by atoms with E-state index in [-0.39, 0.29) is 35.3 Å². The van der Waals surface area contributed by atoms with Crippen LogP contribution < -0.4 is 4.74 Å². The first-order valence-corrected chi connectivity index (χ1v) is 6.87. The quantitative estimate of drug-likeness (QED) is 0.101. The summed E-state index contributed by atoms with van der Waals surface area (Å²) in [6.45, 7) is -1.64. The van der Waals surface area contributed by atoms with Crippen molar-refractivity contribution in [3.8, 4) is 5.75 Å². The van der Waals surface area contributed by atoms with Crippen molar-refractivity contribution in [2.24, 2.45) is 0 Å². The first kappa shape index (κ1) is 24.2. The summed E-state index contributed by atoms with van der Waals surface area (Å²) in [4.78, 5) is 41.6. The van der Waals surface area contributed by atoms with E-state index in [9.17, 15) is 14.4 Å². The van der Waals surface area contributed by atoms with Gasteiger partial charge in [0.25, 0.3) is 0 Å². The summed E-state index contributed by atoms with van der Waals surface area (Å²) in [6, 6.07) is 5.70. The van der Waals surface area contributed by atoms with Gasteiger partial charge in [0.05, 0.1) is 13.2 Å². The van der Waals surface area contributed by atoms with Gasteiger partial charge in [0.15, 0.2) is 12.2 Å². The molecule has 26 heavy (non-hydrogen) atoms. The number of aliphatic hydroxyl groups is 4. The van der Waals surface area contributed by atoms with Gasteiger partial charge in [-0.2, -0.15) is 0 Å². The summed E-state index contributed by atoms with van der Waals surface area (Å²) in [7, 11) is 0. The van der Waals surface area contributed by atoms with Crippen LogP contribution in [-0.2, 0) is 24.2 Å². The maximum absolute atomic E-state index is 11.3. The van der Waals surface area contributed by atoms with Gasteiger partial charge in [-0.05, 0) is 23.8 Å². The molecule has 1 rings (SSSR count). The second-order valence-electron chi connectivity index (χ2n) is 4.52. The monoisotopic (exact) mass is 380 g/mol. The van der Waals surface area contributed by atoms with Crippen LogP contribution in [0.2, 0.25) is 0 Å². The summed E-state index contributed by atoms with van der Waals surface area (Å²) < 4.78 is 4.78. The Morgan fingerprint density at radius 3 is 2.00 bits per heavy atom. The Morgan fingerprint density at radius 2 is 1.46 bits per heavy atom. The Balaban J connectivity index is 0.00000625. The average Bonchev–Trinajstić information content (AvgIpc) is 2.63. The maximum atomic E-state index is 11.3. The molecule has 0 spiro atoms. The summed E-state index contributed by atoms with van der Waals surface area (Å²) in [5.74, 6) is -3.26. The van der Waals surface area contributed by atoms with Crippen molar-refractivity contribution in [2.75, 3.05) is 13.2 Å². The molecule has 0 amide bonds. The molecule has 10 nitrogen and oxygen atoms in total. The Labute approximate surface area is 169 Å². The Hall–Kier alpha value is -1.79. The number of hydrogen-bond acceptors (Lipinski definition) is 10. The zero-order valence-electron chi connectivity index (χ0n) is 12.8. The van der Waals surface area contributed by atoms with Gasteiger partial charge in [-0.15, -0.1) is 0 Å². The zero-order chi connectivity index (χ0) is 18.8. The van der Waals surface area contributed by atoms with Gasteiger partial charge in [-0.3, -0.25) is 0 Å². The first-order valence-electron chi connectivity index (χ1n) is 6.87. The molecule has 0 bridgehead atoms. The SMILES string of the molecule is O=C(C=Cc1ccc(OC(=O)C(O)CO)cc1)OOC(=O)C(O)CO.[NaH]. The third kappa shape index (κ3) is 8.54. The standard InChI is InChI=1S/C15H16O10.Na.H/c16-7-11(18)14(21)23-10-4-1-9(2-5-10)3-6-13(20)24-25-15(22)12(19)8-17;;/h1-6,11-12,16-19H,7-8H2;;. The molecular weight excluding hydrogens is 363 g/mol. The minimum atomic E-state index is -1.81. The third-order valence-electron chi connectivity index (χ3n) is 2.61. The number of carbonyl (C=O) groups excluding carboxylic acids is 3. The Bertz CT molecular complexity index is 628. The molecule has 1 aromatic carbocycles. The number of benzene rings is 1. The van der Waals surface area contributed by atoms with E-state index in [2.05, 4.69) is 9.78 Å². The molecule has 2 unspecified atom stereocenters. The molecule has 11 heteroatoms. The van der Waals surface area contributed by atoms with Gasteiger partial charge in [0.2, 0.25) is 0 Å². The van der Waals surface area contributed by atoms with Crippen LogP contribution in [-0.4, -0.2) is 93.3 Å². The van der Waals surface area contributed by atoms with E-state index in [1.807, 2.05) is 0 Å². The van der Waals surface area contributed by atoms with Crippen LogP contribution >= 0.6 is 0 Å². The van der Waals surface area contributed by atoms with Gasteiger partial charge in [0.1, 0.15) is 5.75 Å². The van der Waals surface area contributed by atoms with Crippen molar-refractivity contribution in [3.05, 3.63) is 35.9 Å². The molecule has 0 saturated carbocycles. The van der Waals surface area contributed by atoms with Gasteiger partial charge >= 0.3 is 47.5 Å². The van der Waals surface area contributed by atoms with Crippen LogP contribution in [0.5, 0.6) is 5.75 Å². The van der Waals surface area contributed by atoms with Crippen molar-refractivity contribution < 1.29 is 49.3 Å². The van der Waals surface area contributed by atoms with Crippen LogP contribution in [0.25, 0.3) is 6.08 Å². The summed E-state index contributed by atoms with van der Waals surface area (Å²) >= 11 is 0. The normalized spacial score (nSPS) is 12.6. The van der Waals surface area contributed by atoms with E-state index in [0.29, 0.717) is 5.56 Å². The number of ether oxygens (including phenoxy) is 1. The number of carbonyl (C=O) groups is 3. The van der Waals surface area contributed by atoms with E-state index in [0.717, 1.165) is 6.08 Å². The van der Waals surface area contributed by atoms with Crippen molar-refractivity contribution in [3.63, 3.8) is 0 Å². The molecular formula is C15H17NaO10. The van der Waals surface area contributed by atoms with Crippen molar-refractivity contribution in [1.29, 1.82) is 0 Å². The van der Waals surface area contributed by atoms with Gasteiger partial charge in [0, 0.05) is 6.08 Å². The van der Waals surface area contributed by atoms with E-state index in [1.165, 1.54) is 30.3 Å². The van der Waals surface area contributed by atoms with Crippen molar-refractivity contribution in [1.82, 2.24) is 0 Å². The number of aliphatic hydroxyl groups excluding tert-OH is 4. The molecule has 2 atom stereocenters. The van der Waals surface area contributed by atoms with Gasteiger partial charge in [-0.25, -0.2) is 24.2 Å². The fraction of sp³-hybridized carbons (Fsp3) is 0.267. The van der Waals surface area contributed by atoms with Gasteiger partial charge in [-0.1, -0.05) is 12.1 Å². The zero-order valence-corrected chi connectivity index (χ0v) is 12.8. The topological polar surface area (TPSA) is 160 Å². The van der Waals surface area contributed by atoms with E-state index >= 15 is 0 Å². The molecule has 1 aromatic rings. The predicted octanol–water partition coefficient (Wildman–Crippen LogP) is -2.34. The van der Waals surface area contributed by atoms with E-state index in [4.69, 9.17) is 25.2 Å². The molecule has 138 valence electrons. The van der Waals surface area contributed by atoms with E-state index < -0.39 is 43.3 Å². The Morgan fingerprint density at radius 1 is 0.923 bits per heavy atom. The van der Waals surface area contributed by atoms with Crippen molar-refractivity contribution >= 4 is 53.5 Å². The number of hydrogen-bond donors (Lipinski definition) is 4. The summed E-state index contributed by atoms with van der Waals surface area (Å²) in [5, 5.41) is 35.1. The first-order chi connectivity index (χ1) is 11.9. The molecule has 0 aliphatic rings. The molecule has 0 saturated heterocycles. The molecule has 0 fully saturated rings. The van der Waals surface area contributed by atoms with Crippen LogP contribution in [0.15, 0.2) is 30.3 Å². The molecule has 0 aliphatic heterocycles. The van der Waals surface area contributed by atoms with E-state index in [1.54, 1.807) is 0 Å². The second-order valence-corrected chi connectivity index (χ2v) is 4.52. The molecule has 0 aromatic heterocycles. The molecule has 4 N–H and O–H groups in total. The molecule has 0 aliphatic carbocycles. The third-order valence-corrected chi connectivity index (χ3v) is 2.61. The fourth-order valence-electron chi connectivity index (χ4n) is 1.31. The molecule has 0 heterocycles. The number of esters is 1. The summed E-state index contributed by atoms with van der Waals surface area (Å²) in [5.41, 5.74) is 0.501. The minimum absolute atomic E-state index is 0. The van der Waals surface area contributed by atoms with Crippen LogP contribution in [0, 0.1) is 0 Å². The van der Waals surface area contributed by atoms with Crippen LogP contribution in [0.4, 0.5) is 0 Å². The van der Waals surface area contributed by atoms with Gasteiger partial charge < -0.3 is 25.2 Å². The summed E-state index contributed by atoms with van der Waals surface area (Å²) in [6.07, 6.45) is -1.22. The average molecular weight is 380 g/mol. The van der Waals surface area contributed by atoms with Crippen LogP contribution in [0.3, 0.4) is 0 Å². The predicted molar refractivity (Wildman–Crippen MR) is 86.6 cm³/mol. The van der Waals surface area contributed by atoms with Crippen LogP contribution in [0.1, 0.15) is 5.56 Å².